The molecule has 0 fully saturated rings. The van der Waals surface area contributed by atoms with Crippen molar-refractivity contribution >= 4 is 5.91 Å². The Hall–Kier alpha value is -0.650. The molecule has 2 N–H and O–H groups in total. The number of methoxy groups -OCH3 is 1. The van der Waals surface area contributed by atoms with E-state index in [0.29, 0.717) is 19.8 Å². The van der Waals surface area contributed by atoms with Crippen LogP contribution in [-0.2, 0) is 19.0 Å². The number of primary amides is 1. The molecule has 0 saturated carbocycles. The number of nitrogens with two attached hydrogens (primary N) is 1. The van der Waals surface area contributed by atoms with Crippen molar-refractivity contribution in [1.29, 1.82) is 0 Å². The Bertz CT molecular complexity index is 141. The maximum Gasteiger partial charge on any atom is 0.243 e. The standard InChI is InChI=1S/C9H19NO4/c1-12-4-2-3-5-13-6-7-14-8-9(10)11/h2-8H2,1H3,(H2,10,11). The number of hydrogen-bond donors (Lipinski definition) is 1. The van der Waals surface area contributed by atoms with Gasteiger partial charge in [0.25, 0.3) is 0 Å². The predicted molar refractivity (Wildman–Crippen MR) is 51.9 cm³/mol. The minimum absolute atomic E-state index is 0.0347. The molecule has 0 aliphatic carbocycles. The van der Waals surface area contributed by atoms with Gasteiger partial charge in [0.15, 0.2) is 0 Å². The number of carbonyl (C=O) groups is 1. The van der Waals surface area contributed by atoms with Crippen molar-refractivity contribution in [2.24, 2.45) is 5.73 Å². The van der Waals surface area contributed by atoms with E-state index in [1.807, 2.05) is 0 Å². The fourth-order valence-electron chi connectivity index (χ4n) is 0.843. The zero-order valence-electron chi connectivity index (χ0n) is 8.66. The zero-order chi connectivity index (χ0) is 10.6. The Kier molecular flexibility index (Phi) is 9.95. The topological polar surface area (TPSA) is 70.8 Å². The van der Waals surface area contributed by atoms with Crippen molar-refractivity contribution < 1.29 is 19.0 Å². The molecule has 0 unspecified atom stereocenters. The van der Waals surface area contributed by atoms with Gasteiger partial charge in [0.1, 0.15) is 6.61 Å². The van der Waals surface area contributed by atoms with Crippen LogP contribution < -0.4 is 5.73 Å². The van der Waals surface area contributed by atoms with E-state index in [4.69, 9.17) is 19.9 Å². The van der Waals surface area contributed by atoms with E-state index in [0.717, 1.165) is 19.4 Å². The molecule has 5 nitrogen and oxygen atoms in total. The molecular weight excluding hydrogens is 186 g/mol. The molecule has 14 heavy (non-hydrogen) atoms. The first-order chi connectivity index (χ1) is 6.77. The lowest BCUT2D eigenvalue weighted by Gasteiger charge is -2.04. The number of rotatable bonds is 10. The molecule has 0 aromatic rings. The highest BCUT2D eigenvalue weighted by Gasteiger charge is 1.93. The van der Waals surface area contributed by atoms with Crippen molar-refractivity contribution in [2.75, 3.05) is 40.1 Å². The van der Waals surface area contributed by atoms with Gasteiger partial charge in [-0.15, -0.1) is 0 Å². The average molecular weight is 205 g/mol. The molecule has 0 aromatic carbocycles. The van der Waals surface area contributed by atoms with Crippen molar-refractivity contribution in [3.63, 3.8) is 0 Å². The summed E-state index contributed by atoms with van der Waals surface area (Å²) in [6.07, 6.45) is 1.97. The smallest absolute Gasteiger partial charge is 0.243 e. The summed E-state index contributed by atoms with van der Waals surface area (Å²) in [5.74, 6) is -0.454. The SMILES string of the molecule is COCCCCOCCOCC(N)=O. The Morgan fingerprint density at radius 2 is 1.71 bits per heavy atom. The lowest BCUT2D eigenvalue weighted by molar-refractivity contribution is -0.123. The van der Waals surface area contributed by atoms with Gasteiger partial charge in [0.2, 0.25) is 5.91 Å². The first-order valence-corrected chi connectivity index (χ1v) is 4.70. The third-order valence-electron chi connectivity index (χ3n) is 1.50. The van der Waals surface area contributed by atoms with Crippen molar-refractivity contribution in [3.8, 4) is 0 Å². The maximum atomic E-state index is 10.2. The summed E-state index contributed by atoms with van der Waals surface area (Å²) in [7, 11) is 1.68. The minimum atomic E-state index is -0.454. The summed E-state index contributed by atoms with van der Waals surface area (Å²) in [5, 5.41) is 0. The molecule has 0 spiro atoms. The van der Waals surface area contributed by atoms with Gasteiger partial charge in [-0.05, 0) is 12.8 Å². The second kappa shape index (κ2) is 10.4. The Labute approximate surface area is 84.5 Å². The molecule has 0 aliphatic rings. The highest BCUT2D eigenvalue weighted by molar-refractivity contribution is 5.74. The molecule has 84 valence electrons. The Morgan fingerprint density at radius 3 is 2.36 bits per heavy atom. The number of amides is 1. The van der Waals surface area contributed by atoms with Crippen LogP contribution in [0, 0.1) is 0 Å². The number of unbranched alkanes of at least 4 members (excludes halogenated alkanes) is 1. The van der Waals surface area contributed by atoms with Crippen LogP contribution in [0.4, 0.5) is 0 Å². The van der Waals surface area contributed by atoms with Gasteiger partial charge in [-0.2, -0.15) is 0 Å². The summed E-state index contributed by atoms with van der Waals surface area (Å²) in [4.78, 5) is 10.2. The van der Waals surface area contributed by atoms with Crippen molar-refractivity contribution in [3.05, 3.63) is 0 Å². The molecule has 0 aliphatic heterocycles. The highest BCUT2D eigenvalue weighted by Crippen LogP contribution is 1.90. The molecule has 0 radical (unpaired) electrons. The van der Waals surface area contributed by atoms with E-state index in [9.17, 15) is 4.79 Å². The van der Waals surface area contributed by atoms with Gasteiger partial charge >= 0.3 is 0 Å². The average Bonchev–Trinajstić information content (AvgIpc) is 2.15. The maximum absolute atomic E-state index is 10.2. The van der Waals surface area contributed by atoms with Crippen LogP contribution in [0.2, 0.25) is 0 Å². The van der Waals surface area contributed by atoms with Crippen LogP contribution in [0.1, 0.15) is 12.8 Å². The predicted octanol–water partition coefficient (Wildman–Crippen LogP) is -0.0685. The molecule has 0 atom stereocenters. The number of hydrogen-bond acceptors (Lipinski definition) is 4. The van der Waals surface area contributed by atoms with Crippen LogP contribution in [0.5, 0.6) is 0 Å². The molecule has 5 heteroatoms. The van der Waals surface area contributed by atoms with Crippen molar-refractivity contribution in [2.45, 2.75) is 12.8 Å². The van der Waals surface area contributed by atoms with Gasteiger partial charge in [-0.1, -0.05) is 0 Å². The van der Waals surface area contributed by atoms with Crippen LogP contribution in [0.25, 0.3) is 0 Å². The third kappa shape index (κ3) is 11.4. The quantitative estimate of drug-likeness (QED) is 0.507. The molecule has 1 amide bonds. The first kappa shape index (κ1) is 13.4. The lowest BCUT2D eigenvalue weighted by atomic mass is 10.3. The normalized spacial score (nSPS) is 10.4. The largest absolute Gasteiger partial charge is 0.385 e. The van der Waals surface area contributed by atoms with E-state index >= 15 is 0 Å². The van der Waals surface area contributed by atoms with Crippen LogP contribution >= 0.6 is 0 Å². The van der Waals surface area contributed by atoms with Gasteiger partial charge in [0.05, 0.1) is 13.2 Å². The highest BCUT2D eigenvalue weighted by atomic mass is 16.5. The van der Waals surface area contributed by atoms with Crippen LogP contribution in [0.15, 0.2) is 0 Å². The second-order valence-corrected chi connectivity index (χ2v) is 2.83. The van der Waals surface area contributed by atoms with Gasteiger partial charge in [-0.3, -0.25) is 4.79 Å². The molecule has 0 bridgehead atoms. The summed E-state index contributed by atoms with van der Waals surface area (Å²) in [6.45, 7) is 2.34. The van der Waals surface area contributed by atoms with E-state index in [-0.39, 0.29) is 6.61 Å². The fourth-order valence-corrected chi connectivity index (χ4v) is 0.843. The summed E-state index contributed by atoms with van der Waals surface area (Å²) in [5.41, 5.74) is 4.87. The Morgan fingerprint density at radius 1 is 1.07 bits per heavy atom. The van der Waals surface area contributed by atoms with Gasteiger partial charge in [0, 0.05) is 20.3 Å². The van der Waals surface area contributed by atoms with Crippen molar-refractivity contribution in [1.82, 2.24) is 0 Å². The summed E-state index contributed by atoms with van der Waals surface area (Å²) >= 11 is 0. The van der Waals surface area contributed by atoms with E-state index in [2.05, 4.69) is 0 Å². The molecule has 0 heterocycles. The third-order valence-corrected chi connectivity index (χ3v) is 1.50. The van der Waals surface area contributed by atoms with Crippen LogP contribution in [-0.4, -0.2) is 46.1 Å². The summed E-state index contributed by atoms with van der Waals surface area (Å²) < 4.78 is 15.0. The van der Waals surface area contributed by atoms with E-state index in [1.165, 1.54) is 0 Å². The number of ether oxygens (including phenoxy) is 3. The van der Waals surface area contributed by atoms with Gasteiger partial charge in [-0.25, -0.2) is 0 Å². The first-order valence-electron chi connectivity index (χ1n) is 4.70. The summed E-state index contributed by atoms with van der Waals surface area (Å²) in [6, 6.07) is 0. The van der Waals surface area contributed by atoms with Crippen LogP contribution in [0.3, 0.4) is 0 Å². The van der Waals surface area contributed by atoms with Gasteiger partial charge < -0.3 is 19.9 Å². The lowest BCUT2D eigenvalue weighted by Crippen LogP contribution is -2.19. The monoisotopic (exact) mass is 205 g/mol. The minimum Gasteiger partial charge on any atom is -0.385 e. The Balaban J connectivity index is 2.88. The second-order valence-electron chi connectivity index (χ2n) is 2.83. The molecule has 0 rings (SSSR count). The molecular formula is C9H19NO4. The van der Waals surface area contributed by atoms with E-state index < -0.39 is 5.91 Å². The molecule has 0 saturated heterocycles. The number of carbonyl (C=O) groups excluding carboxylic acids is 1. The van der Waals surface area contributed by atoms with E-state index in [1.54, 1.807) is 7.11 Å². The molecule has 0 aromatic heterocycles. The zero-order valence-corrected chi connectivity index (χ0v) is 8.66. The fraction of sp³-hybridized carbons (Fsp3) is 0.889.